The van der Waals surface area contributed by atoms with Crippen molar-refractivity contribution in [3.05, 3.63) is 34.9 Å². The van der Waals surface area contributed by atoms with Gasteiger partial charge in [-0.05, 0) is 45.0 Å². The van der Waals surface area contributed by atoms with E-state index in [0.717, 1.165) is 18.5 Å². The lowest BCUT2D eigenvalue weighted by Crippen LogP contribution is -2.12. The molecule has 1 unspecified atom stereocenters. The van der Waals surface area contributed by atoms with E-state index in [1.165, 1.54) is 11.1 Å². The molecule has 0 saturated heterocycles. The van der Waals surface area contributed by atoms with Crippen LogP contribution in [0.4, 0.5) is 0 Å². The van der Waals surface area contributed by atoms with E-state index in [1.54, 1.807) is 0 Å². The summed E-state index contributed by atoms with van der Waals surface area (Å²) in [7, 11) is 1.90. The zero-order valence-corrected chi connectivity index (χ0v) is 9.17. The predicted octanol–water partition coefficient (Wildman–Crippen LogP) is 1.95. The monoisotopic (exact) mass is 193 g/mol. The molecule has 0 saturated carbocycles. The van der Waals surface area contributed by atoms with E-state index in [2.05, 4.69) is 23.5 Å². The second kappa shape index (κ2) is 5.13. The Labute approximate surface area is 86.0 Å². The van der Waals surface area contributed by atoms with Gasteiger partial charge in [-0.25, -0.2) is 0 Å². The summed E-state index contributed by atoms with van der Waals surface area (Å²) in [4.78, 5) is 0. The highest BCUT2D eigenvalue weighted by atomic mass is 16.3. The minimum atomic E-state index is -0.345. The first-order valence-corrected chi connectivity index (χ1v) is 5.05. The van der Waals surface area contributed by atoms with Crippen molar-refractivity contribution in [3.63, 3.8) is 0 Å². The van der Waals surface area contributed by atoms with Gasteiger partial charge in [0, 0.05) is 0 Å². The van der Waals surface area contributed by atoms with E-state index in [4.69, 9.17) is 0 Å². The number of aliphatic hydroxyl groups is 1. The molecule has 0 aliphatic rings. The summed E-state index contributed by atoms with van der Waals surface area (Å²) in [6.07, 6.45) is 0.420. The first-order valence-electron chi connectivity index (χ1n) is 5.05. The molecule has 78 valence electrons. The minimum Gasteiger partial charge on any atom is -0.388 e. The van der Waals surface area contributed by atoms with Gasteiger partial charge in [0.2, 0.25) is 0 Å². The Morgan fingerprint density at radius 1 is 1.36 bits per heavy atom. The number of nitrogens with one attached hydrogen (secondary N) is 1. The topological polar surface area (TPSA) is 32.3 Å². The lowest BCUT2D eigenvalue weighted by molar-refractivity contribution is 0.167. The third-order valence-corrected chi connectivity index (χ3v) is 2.46. The van der Waals surface area contributed by atoms with Crippen LogP contribution in [0.5, 0.6) is 0 Å². The Balaban J connectivity index is 2.77. The largest absolute Gasteiger partial charge is 0.388 e. The quantitative estimate of drug-likeness (QED) is 0.766. The first kappa shape index (κ1) is 11.2. The van der Waals surface area contributed by atoms with Crippen LogP contribution in [0.2, 0.25) is 0 Å². The number of hydrogen-bond acceptors (Lipinski definition) is 2. The average Bonchev–Trinajstić information content (AvgIpc) is 2.18. The van der Waals surface area contributed by atoms with Gasteiger partial charge in [0.25, 0.3) is 0 Å². The van der Waals surface area contributed by atoms with Crippen LogP contribution in [0, 0.1) is 13.8 Å². The summed E-state index contributed by atoms with van der Waals surface area (Å²) >= 11 is 0. The number of aliphatic hydroxyl groups excluding tert-OH is 1. The highest BCUT2D eigenvalue weighted by molar-refractivity contribution is 5.32. The van der Waals surface area contributed by atoms with Gasteiger partial charge in [-0.15, -0.1) is 0 Å². The first-order chi connectivity index (χ1) is 6.65. The third-order valence-electron chi connectivity index (χ3n) is 2.46. The van der Waals surface area contributed by atoms with Crippen LogP contribution in [-0.4, -0.2) is 18.7 Å². The van der Waals surface area contributed by atoms with Crippen molar-refractivity contribution in [1.29, 1.82) is 0 Å². The maximum Gasteiger partial charge on any atom is 0.0804 e. The third kappa shape index (κ3) is 2.82. The fourth-order valence-electron chi connectivity index (χ4n) is 1.56. The molecule has 0 spiro atoms. The number of hydrogen-bond donors (Lipinski definition) is 2. The van der Waals surface area contributed by atoms with E-state index in [0.29, 0.717) is 0 Å². The maximum absolute atomic E-state index is 9.92. The molecule has 1 aromatic carbocycles. The van der Waals surface area contributed by atoms with Gasteiger partial charge < -0.3 is 10.4 Å². The van der Waals surface area contributed by atoms with Crippen LogP contribution >= 0.6 is 0 Å². The Hall–Kier alpha value is -0.860. The van der Waals surface area contributed by atoms with E-state index in [1.807, 2.05) is 20.9 Å². The Kier molecular flexibility index (Phi) is 4.11. The Morgan fingerprint density at radius 2 is 2.07 bits per heavy atom. The molecule has 1 rings (SSSR count). The van der Waals surface area contributed by atoms with Crippen molar-refractivity contribution in [3.8, 4) is 0 Å². The Bertz CT molecular complexity index is 296. The maximum atomic E-state index is 9.92. The van der Waals surface area contributed by atoms with Gasteiger partial charge in [0.05, 0.1) is 6.10 Å². The van der Waals surface area contributed by atoms with Crippen molar-refractivity contribution in [1.82, 2.24) is 5.32 Å². The molecular formula is C12H19NO. The molecule has 14 heavy (non-hydrogen) atoms. The lowest BCUT2D eigenvalue weighted by atomic mass is 9.99. The van der Waals surface area contributed by atoms with Crippen LogP contribution in [0.3, 0.4) is 0 Å². The minimum absolute atomic E-state index is 0.345. The van der Waals surface area contributed by atoms with E-state index in [9.17, 15) is 5.11 Å². The smallest absolute Gasteiger partial charge is 0.0804 e. The van der Waals surface area contributed by atoms with Crippen molar-refractivity contribution in [2.75, 3.05) is 13.6 Å². The van der Waals surface area contributed by atoms with Gasteiger partial charge in [0.1, 0.15) is 0 Å². The van der Waals surface area contributed by atoms with Crippen LogP contribution in [-0.2, 0) is 0 Å². The van der Waals surface area contributed by atoms with Gasteiger partial charge in [0.15, 0.2) is 0 Å². The van der Waals surface area contributed by atoms with Crippen molar-refractivity contribution in [2.24, 2.45) is 0 Å². The highest BCUT2D eigenvalue weighted by Crippen LogP contribution is 2.21. The number of benzene rings is 1. The zero-order valence-electron chi connectivity index (χ0n) is 9.17. The summed E-state index contributed by atoms with van der Waals surface area (Å²) in [5.74, 6) is 0. The molecule has 0 heterocycles. The summed E-state index contributed by atoms with van der Waals surface area (Å²) in [5, 5.41) is 13.0. The molecule has 2 N–H and O–H groups in total. The Morgan fingerprint density at radius 3 is 2.71 bits per heavy atom. The molecule has 1 atom stereocenters. The molecule has 1 aromatic rings. The predicted molar refractivity (Wildman–Crippen MR) is 59.4 cm³/mol. The molecule has 2 nitrogen and oxygen atoms in total. The van der Waals surface area contributed by atoms with E-state index in [-0.39, 0.29) is 6.10 Å². The number of aryl methyl sites for hydroxylation is 2. The van der Waals surface area contributed by atoms with Crippen LogP contribution in [0.15, 0.2) is 18.2 Å². The number of rotatable bonds is 4. The van der Waals surface area contributed by atoms with Crippen molar-refractivity contribution < 1.29 is 5.11 Å². The summed E-state index contributed by atoms with van der Waals surface area (Å²) in [6, 6.07) is 6.20. The van der Waals surface area contributed by atoms with E-state index < -0.39 is 0 Å². The normalized spacial score (nSPS) is 12.9. The molecule has 0 aliphatic heterocycles. The summed E-state index contributed by atoms with van der Waals surface area (Å²) < 4.78 is 0. The molecule has 2 heteroatoms. The van der Waals surface area contributed by atoms with Gasteiger partial charge in [-0.3, -0.25) is 0 Å². The van der Waals surface area contributed by atoms with Gasteiger partial charge >= 0.3 is 0 Å². The standard InChI is InChI=1S/C12H19NO/c1-9-4-5-10(2)11(8-9)12(14)6-7-13-3/h4-5,8,12-14H,6-7H2,1-3H3. The highest BCUT2D eigenvalue weighted by Gasteiger charge is 2.09. The summed E-state index contributed by atoms with van der Waals surface area (Å²) in [6.45, 7) is 4.93. The van der Waals surface area contributed by atoms with E-state index >= 15 is 0 Å². The second-order valence-corrected chi connectivity index (χ2v) is 3.77. The molecule has 0 amide bonds. The SMILES string of the molecule is CNCCC(O)c1cc(C)ccc1C. The average molecular weight is 193 g/mol. The molecule has 0 radical (unpaired) electrons. The van der Waals surface area contributed by atoms with Gasteiger partial charge in [-0.2, -0.15) is 0 Å². The molecule has 0 fully saturated rings. The molecule has 0 bridgehead atoms. The molecular weight excluding hydrogens is 174 g/mol. The van der Waals surface area contributed by atoms with Crippen molar-refractivity contribution >= 4 is 0 Å². The van der Waals surface area contributed by atoms with Crippen LogP contribution in [0.1, 0.15) is 29.2 Å². The second-order valence-electron chi connectivity index (χ2n) is 3.77. The lowest BCUT2D eigenvalue weighted by Gasteiger charge is -2.14. The molecule has 0 aromatic heterocycles. The fourth-order valence-corrected chi connectivity index (χ4v) is 1.56. The van der Waals surface area contributed by atoms with Crippen LogP contribution < -0.4 is 5.32 Å². The summed E-state index contributed by atoms with van der Waals surface area (Å²) in [5.41, 5.74) is 3.42. The zero-order chi connectivity index (χ0) is 10.6. The molecule has 0 aliphatic carbocycles. The fraction of sp³-hybridized carbons (Fsp3) is 0.500. The van der Waals surface area contributed by atoms with Crippen LogP contribution in [0.25, 0.3) is 0 Å². The van der Waals surface area contributed by atoms with Crippen molar-refractivity contribution in [2.45, 2.75) is 26.4 Å². The van der Waals surface area contributed by atoms with Gasteiger partial charge in [-0.1, -0.05) is 23.8 Å².